The number of hydrogen-bond acceptors (Lipinski definition) is 4. The number of carbonyl (C=O) groups is 1. The molecule has 1 aliphatic carbocycles. The molecule has 0 saturated heterocycles. The van der Waals surface area contributed by atoms with Gasteiger partial charge in [0.05, 0.1) is 11.8 Å². The second-order valence-electron chi connectivity index (χ2n) is 6.92. The van der Waals surface area contributed by atoms with Crippen LogP contribution in [0, 0.1) is 0 Å². The largest absolute Gasteiger partial charge is 0.469 e. The highest BCUT2D eigenvalue weighted by molar-refractivity contribution is 6.30. The Balaban J connectivity index is 1.67. The molecule has 27 heavy (non-hydrogen) atoms. The summed E-state index contributed by atoms with van der Waals surface area (Å²) in [6.45, 7) is 0. The van der Waals surface area contributed by atoms with E-state index in [2.05, 4.69) is 15.5 Å². The lowest BCUT2D eigenvalue weighted by Gasteiger charge is -2.33. The van der Waals surface area contributed by atoms with Gasteiger partial charge < -0.3 is 9.73 Å². The molecule has 0 spiro atoms. The van der Waals surface area contributed by atoms with Gasteiger partial charge in [-0.2, -0.15) is 0 Å². The molecule has 0 amide bonds. The molecule has 6 nitrogen and oxygen atoms in total. The first-order valence-electron chi connectivity index (χ1n) is 8.74. The molecule has 136 valence electrons. The van der Waals surface area contributed by atoms with Crippen LogP contribution in [0.3, 0.4) is 0 Å². The van der Waals surface area contributed by atoms with Crippen LogP contribution < -0.4 is 10.9 Å². The van der Waals surface area contributed by atoms with Crippen LogP contribution in [0.2, 0.25) is 5.02 Å². The van der Waals surface area contributed by atoms with Crippen molar-refractivity contribution in [3.63, 3.8) is 0 Å². The molecule has 1 aliphatic heterocycles. The smallest absolute Gasteiger partial charge is 0.270 e. The Labute approximate surface area is 159 Å². The molecular weight excluding hydrogens is 366 g/mol. The first-order chi connectivity index (χ1) is 13.1. The predicted molar refractivity (Wildman–Crippen MR) is 101 cm³/mol. The van der Waals surface area contributed by atoms with Gasteiger partial charge in [-0.1, -0.05) is 23.7 Å². The number of anilines is 1. The third kappa shape index (κ3) is 2.56. The van der Waals surface area contributed by atoms with Gasteiger partial charge in [-0.25, -0.2) is 0 Å². The fourth-order valence-electron chi connectivity index (χ4n) is 4.17. The van der Waals surface area contributed by atoms with Crippen molar-refractivity contribution in [2.45, 2.75) is 24.7 Å². The van der Waals surface area contributed by atoms with Gasteiger partial charge in [-0.15, -0.1) is 0 Å². The number of ketones is 1. The summed E-state index contributed by atoms with van der Waals surface area (Å²) in [7, 11) is 0. The zero-order valence-corrected chi connectivity index (χ0v) is 15.0. The molecule has 0 fully saturated rings. The van der Waals surface area contributed by atoms with E-state index in [1.807, 2.05) is 30.3 Å². The van der Waals surface area contributed by atoms with Crippen molar-refractivity contribution < 1.29 is 9.21 Å². The Morgan fingerprint density at radius 1 is 1.07 bits per heavy atom. The number of aromatic amines is 2. The standard InChI is InChI=1S/C20H16ClN3O3/c21-12-4-1-3-10(7-12)16-17-13(22-19-18(16)20(26)24-23-19)8-11(9-14(17)25)15-5-2-6-27-15/h1-7,11,16H,8-9H2,(H3,22,23,24,26)/t11-,16-/m0/s1. The zero-order chi connectivity index (χ0) is 18.5. The highest BCUT2D eigenvalue weighted by atomic mass is 35.5. The average Bonchev–Trinajstić information content (AvgIpc) is 3.30. The zero-order valence-electron chi connectivity index (χ0n) is 14.2. The van der Waals surface area contributed by atoms with E-state index in [0.29, 0.717) is 34.8 Å². The lowest BCUT2D eigenvalue weighted by atomic mass is 9.74. The van der Waals surface area contributed by atoms with E-state index in [4.69, 9.17) is 16.0 Å². The Bertz CT molecular complexity index is 1120. The van der Waals surface area contributed by atoms with Gasteiger partial charge in [0.2, 0.25) is 0 Å². The number of furan rings is 1. The molecule has 5 rings (SSSR count). The number of Topliss-reactive ketones (excluding diaryl/α,β-unsaturated/α-hetero) is 1. The van der Waals surface area contributed by atoms with Crippen LogP contribution in [0.5, 0.6) is 0 Å². The maximum Gasteiger partial charge on any atom is 0.270 e. The molecule has 1 aromatic carbocycles. The summed E-state index contributed by atoms with van der Waals surface area (Å²) in [6, 6.07) is 11.0. The van der Waals surface area contributed by atoms with Crippen LogP contribution in [0.15, 0.2) is 63.1 Å². The minimum atomic E-state index is -0.449. The number of rotatable bonds is 2. The summed E-state index contributed by atoms with van der Waals surface area (Å²) < 4.78 is 5.52. The molecule has 0 bridgehead atoms. The minimum Gasteiger partial charge on any atom is -0.469 e. The molecule has 3 aromatic rings. The highest BCUT2D eigenvalue weighted by Gasteiger charge is 2.40. The number of nitrogens with one attached hydrogen (secondary N) is 3. The predicted octanol–water partition coefficient (Wildman–Crippen LogP) is 3.91. The van der Waals surface area contributed by atoms with Crippen molar-refractivity contribution in [3.8, 4) is 0 Å². The van der Waals surface area contributed by atoms with Crippen molar-refractivity contribution >= 4 is 23.2 Å². The van der Waals surface area contributed by atoms with Gasteiger partial charge in [-0.3, -0.25) is 19.8 Å². The SMILES string of the molecule is O=C1C[C@@H](c2ccco2)CC2=C1[C@H](c1cccc(Cl)c1)c1c([nH][nH]c1=O)N2. The number of allylic oxidation sites excluding steroid dienone is 2. The fourth-order valence-corrected chi connectivity index (χ4v) is 4.36. The summed E-state index contributed by atoms with van der Waals surface area (Å²) in [5.74, 6) is 0.934. The number of fused-ring (bicyclic) bond motifs is 1. The lowest BCUT2D eigenvalue weighted by Crippen LogP contribution is -2.31. The van der Waals surface area contributed by atoms with E-state index >= 15 is 0 Å². The van der Waals surface area contributed by atoms with Crippen molar-refractivity contribution in [1.82, 2.24) is 10.2 Å². The van der Waals surface area contributed by atoms with Crippen molar-refractivity contribution in [2.24, 2.45) is 0 Å². The molecule has 3 N–H and O–H groups in total. The summed E-state index contributed by atoms with van der Waals surface area (Å²) in [6.07, 6.45) is 2.61. The van der Waals surface area contributed by atoms with E-state index < -0.39 is 5.92 Å². The van der Waals surface area contributed by atoms with Crippen LogP contribution >= 0.6 is 11.6 Å². The highest BCUT2D eigenvalue weighted by Crippen LogP contribution is 2.46. The van der Waals surface area contributed by atoms with Crippen LogP contribution in [0.25, 0.3) is 0 Å². The maximum atomic E-state index is 13.2. The number of halogens is 1. The Hall–Kier alpha value is -2.99. The number of aromatic nitrogens is 2. The number of H-pyrrole nitrogens is 2. The summed E-state index contributed by atoms with van der Waals surface area (Å²) in [5.41, 5.74) is 2.56. The van der Waals surface area contributed by atoms with Crippen LogP contribution in [-0.2, 0) is 4.79 Å². The second kappa shape index (κ2) is 6.03. The van der Waals surface area contributed by atoms with E-state index in [9.17, 15) is 9.59 Å². The summed E-state index contributed by atoms with van der Waals surface area (Å²) in [4.78, 5) is 25.6. The Morgan fingerprint density at radius 2 is 1.96 bits per heavy atom. The van der Waals surface area contributed by atoms with Crippen LogP contribution in [0.1, 0.15) is 41.6 Å². The quantitative estimate of drug-likeness (QED) is 0.627. The second-order valence-corrected chi connectivity index (χ2v) is 7.35. The third-order valence-electron chi connectivity index (χ3n) is 5.30. The van der Waals surface area contributed by atoms with Gasteiger partial charge in [0.1, 0.15) is 11.6 Å². The molecule has 7 heteroatoms. The van der Waals surface area contributed by atoms with Crippen molar-refractivity contribution in [2.75, 3.05) is 5.32 Å². The van der Waals surface area contributed by atoms with Gasteiger partial charge in [0.15, 0.2) is 5.78 Å². The Morgan fingerprint density at radius 3 is 2.74 bits per heavy atom. The molecule has 2 atom stereocenters. The number of carbonyl (C=O) groups excluding carboxylic acids is 1. The molecule has 2 aliphatic rings. The van der Waals surface area contributed by atoms with Crippen LogP contribution in [-0.4, -0.2) is 16.0 Å². The van der Waals surface area contributed by atoms with Gasteiger partial charge in [0, 0.05) is 34.5 Å². The number of benzene rings is 1. The molecule has 2 aromatic heterocycles. The molecule has 0 saturated carbocycles. The summed E-state index contributed by atoms with van der Waals surface area (Å²) in [5, 5.41) is 9.33. The van der Waals surface area contributed by atoms with Crippen molar-refractivity contribution in [1.29, 1.82) is 0 Å². The molecule has 0 radical (unpaired) electrons. The van der Waals surface area contributed by atoms with Gasteiger partial charge in [-0.05, 0) is 36.2 Å². The van der Waals surface area contributed by atoms with E-state index in [0.717, 1.165) is 17.0 Å². The monoisotopic (exact) mass is 381 g/mol. The summed E-state index contributed by atoms with van der Waals surface area (Å²) >= 11 is 6.18. The van der Waals surface area contributed by atoms with Gasteiger partial charge >= 0.3 is 0 Å². The Kier molecular flexibility index (Phi) is 3.62. The number of hydrogen-bond donors (Lipinski definition) is 3. The van der Waals surface area contributed by atoms with Crippen molar-refractivity contribution in [3.05, 3.63) is 86.2 Å². The maximum absolute atomic E-state index is 13.2. The minimum absolute atomic E-state index is 0.0152. The van der Waals surface area contributed by atoms with E-state index in [-0.39, 0.29) is 17.3 Å². The van der Waals surface area contributed by atoms with Gasteiger partial charge in [0.25, 0.3) is 5.56 Å². The van der Waals surface area contributed by atoms with E-state index in [1.54, 1.807) is 12.3 Å². The molecule has 3 heterocycles. The van der Waals surface area contributed by atoms with Crippen LogP contribution in [0.4, 0.5) is 5.82 Å². The fraction of sp³-hybridized carbons (Fsp3) is 0.200. The van der Waals surface area contributed by atoms with E-state index in [1.165, 1.54) is 0 Å². The lowest BCUT2D eigenvalue weighted by molar-refractivity contribution is -0.116. The topological polar surface area (TPSA) is 90.9 Å². The third-order valence-corrected chi connectivity index (χ3v) is 5.54. The molecule has 0 unspecified atom stereocenters. The average molecular weight is 382 g/mol. The first-order valence-corrected chi connectivity index (χ1v) is 9.12. The first kappa shape index (κ1) is 16.2. The molecular formula is C20H16ClN3O3. The normalized spacial score (nSPS) is 21.6.